The van der Waals surface area contributed by atoms with Gasteiger partial charge in [-0.2, -0.15) is 0 Å². The highest BCUT2D eigenvalue weighted by Gasteiger charge is 2.46. The summed E-state index contributed by atoms with van der Waals surface area (Å²) in [6.07, 6.45) is 0. The maximum absolute atomic E-state index is 2.57. The fourth-order valence-electron chi connectivity index (χ4n) is 9.63. The van der Waals surface area contributed by atoms with Crippen LogP contribution in [-0.2, 0) is 10.8 Å². The monoisotopic (exact) mass is 638 g/mol. The van der Waals surface area contributed by atoms with E-state index < -0.39 is 0 Å². The molecular weight excluding hydrogens is 601 g/mol. The second kappa shape index (κ2) is 10.4. The fraction of sp³-hybridized carbons (Fsp3) is 0.120. The Hall–Kier alpha value is -5.72. The number of hydrogen-bond donors (Lipinski definition) is 0. The molecule has 238 valence electrons. The average molecular weight is 639 g/mol. The lowest BCUT2D eigenvalue weighted by Gasteiger charge is -2.30. The van der Waals surface area contributed by atoms with Crippen LogP contribution in [-0.4, -0.2) is 0 Å². The molecule has 0 bridgehead atoms. The van der Waals surface area contributed by atoms with Crippen LogP contribution in [0.15, 0.2) is 158 Å². The molecule has 0 heterocycles. The predicted octanol–water partition coefficient (Wildman–Crippen LogP) is 13.6. The quantitative estimate of drug-likeness (QED) is 0.169. The zero-order valence-electron chi connectivity index (χ0n) is 29.0. The summed E-state index contributed by atoms with van der Waals surface area (Å²) < 4.78 is 0. The molecule has 0 heteroatoms. The highest BCUT2D eigenvalue weighted by molar-refractivity contribution is 6.22. The second-order valence-electron chi connectivity index (χ2n) is 15.2. The van der Waals surface area contributed by atoms with Gasteiger partial charge >= 0.3 is 0 Å². The molecule has 0 aromatic heterocycles. The minimum Gasteiger partial charge on any atom is -0.0622 e. The molecule has 0 atom stereocenters. The lowest BCUT2D eigenvalue weighted by Crippen LogP contribution is -2.19. The minimum atomic E-state index is -0.171. The van der Waals surface area contributed by atoms with Crippen molar-refractivity contribution in [2.45, 2.75) is 38.5 Å². The molecule has 0 nitrogen and oxygen atoms in total. The third-order valence-electron chi connectivity index (χ3n) is 11.8. The molecule has 0 amide bonds. The van der Waals surface area contributed by atoms with E-state index in [1.165, 1.54) is 99.4 Å². The van der Waals surface area contributed by atoms with E-state index in [0.29, 0.717) is 0 Å². The van der Waals surface area contributed by atoms with Crippen molar-refractivity contribution >= 4 is 21.5 Å². The first-order valence-corrected chi connectivity index (χ1v) is 17.9. The number of rotatable bonds is 3. The van der Waals surface area contributed by atoms with E-state index in [1.807, 2.05) is 0 Å². The molecular formula is C50H38. The molecule has 0 radical (unpaired) electrons. The molecule has 0 saturated heterocycles. The van der Waals surface area contributed by atoms with Crippen LogP contribution >= 0.6 is 0 Å². The van der Waals surface area contributed by atoms with E-state index in [0.717, 1.165) is 0 Å². The Labute approximate surface area is 294 Å². The van der Waals surface area contributed by atoms with E-state index in [4.69, 9.17) is 0 Å². The van der Waals surface area contributed by atoms with E-state index in [1.54, 1.807) is 0 Å². The minimum absolute atomic E-state index is 0.109. The van der Waals surface area contributed by atoms with Crippen LogP contribution in [0.25, 0.3) is 77.2 Å². The summed E-state index contributed by atoms with van der Waals surface area (Å²) in [6, 6.07) is 58.9. The SMILES string of the molecule is CC1(C)c2ccccc2-c2cc(-c3c4ccccc4c(-c4ccc(-c5ccccc5)cc4)c4ccccc34)c3c(c21)-c1ccccc1C3(C)C. The largest absolute Gasteiger partial charge is 0.0622 e. The molecule has 0 spiro atoms. The summed E-state index contributed by atoms with van der Waals surface area (Å²) in [6.45, 7) is 9.73. The van der Waals surface area contributed by atoms with E-state index >= 15 is 0 Å². The van der Waals surface area contributed by atoms with Crippen molar-refractivity contribution in [1.82, 2.24) is 0 Å². The topological polar surface area (TPSA) is 0 Å². The van der Waals surface area contributed by atoms with Crippen molar-refractivity contribution in [3.63, 3.8) is 0 Å². The molecule has 8 aromatic rings. The van der Waals surface area contributed by atoms with Crippen LogP contribution in [0.1, 0.15) is 49.9 Å². The third kappa shape index (κ3) is 3.88. The first kappa shape index (κ1) is 29.2. The van der Waals surface area contributed by atoms with Crippen LogP contribution in [0.5, 0.6) is 0 Å². The standard InChI is InChI=1S/C50H38/c1-49(2)42-24-14-12-18-34(42)40-30-41(48-46(47(40)49)39-23-13-15-25-43(39)50(48,3)4)45-37-21-10-8-19-35(37)44(36-20-9-11-22-38(36)45)33-28-26-32(27-29-33)31-16-6-5-7-17-31/h5-30H,1-4H3. The smallest absolute Gasteiger partial charge is 0.0165 e. The van der Waals surface area contributed by atoms with Crippen molar-refractivity contribution in [3.05, 3.63) is 180 Å². The van der Waals surface area contributed by atoms with Gasteiger partial charge in [0.2, 0.25) is 0 Å². The molecule has 0 fully saturated rings. The number of benzene rings is 8. The Morgan fingerprint density at radius 2 is 0.720 bits per heavy atom. The Balaban J connectivity index is 1.33. The van der Waals surface area contributed by atoms with Crippen molar-refractivity contribution in [2.24, 2.45) is 0 Å². The molecule has 0 aliphatic heterocycles. The Morgan fingerprint density at radius 1 is 0.300 bits per heavy atom. The van der Waals surface area contributed by atoms with Crippen molar-refractivity contribution in [3.8, 4) is 55.6 Å². The highest BCUT2D eigenvalue weighted by atomic mass is 14.5. The Morgan fingerprint density at radius 3 is 1.32 bits per heavy atom. The van der Waals surface area contributed by atoms with Gasteiger partial charge in [-0.1, -0.05) is 179 Å². The lowest BCUT2D eigenvalue weighted by atomic mass is 9.73. The van der Waals surface area contributed by atoms with Crippen molar-refractivity contribution in [2.75, 3.05) is 0 Å². The molecule has 50 heavy (non-hydrogen) atoms. The first-order chi connectivity index (χ1) is 24.4. The molecule has 0 saturated carbocycles. The zero-order chi connectivity index (χ0) is 33.8. The molecule has 8 aromatic carbocycles. The molecule has 0 N–H and O–H groups in total. The summed E-state index contributed by atoms with van der Waals surface area (Å²) in [4.78, 5) is 0. The summed E-state index contributed by atoms with van der Waals surface area (Å²) in [5.74, 6) is 0. The first-order valence-electron chi connectivity index (χ1n) is 17.9. The van der Waals surface area contributed by atoms with Gasteiger partial charge in [0.25, 0.3) is 0 Å². The van der Waals surface area contributed by atoms with Crippen LogP contribution in [0.4, 0.5) is 0 Å². The van der Waals surface area contributed by atoms with E-state index in [-0.39, 0.29) is 10.8 Å². The molecule has 10 rings (SSSR count). The third-order valence-corrected chi connectivity index (χ3v) is 11.8. The zero-order valence-corrected chi connectivity index (χ0v) is 29.0. The average Bonchev–Trinajstić information content (AvgIpc) is 3.54. The van der Waals surface area contributed by atoms with Gasteiger partial charge in [0.05, 0.1) is 0 Å². The molecule has 2 aliphatic rings. The maximum atomic E-state index is 2.57. The number of hydrogen-bond acceptors (Lipinski definition) is 0. The molecule has 2 aliphatic carbocycles. The van der Waals surface area contributed by atoms with Crippen LogP contribution in [0.2, 0.25) is 0 Å². The summed E-state index contributed by atoms with van der Waals surface area (Å²) in [5.41, 5.74) is 18.7. The van der Waals surface area contributed by atoms with Gasteiger partial charge < -0.3 is 0 Å². The summed E-state index contributed by atoms with van der Waals surface area (Å²) in [5, 5.41) is 5.18. The van der Waals surface area contributed by atoms with Gasteiger partial charge in [-0.15, -0.1) is 0 Å². The van der Waals surface area contributed by atoms with Crippen LogP contribution in [0.3, 0.4) is 0 Å². The number of fused-ring (bicyclic) bond motifs is 9. The van der Waals surface area contributed by atoms with E-state index in [2.05, 4.69) is 185 Å². The Bertz CT molecular complexity index is 2610. The maximum Gasteiger partial charge on any atom is 0.0165 e. The fourth-order valence-corrected chi connectivity index (χ4v) is 9.63. The predicted molar refractivity (Wildman–Crippen MR) is 213 cm³/mol. The Kier molecular flexibility index (Phi) is 6.07. The van der Waals surface area contributed by atoms with E-state index in [9.17, 15) is 0 Å². The van der Waals surface area contributed by atoms with Gasteiger partial charge in [-0.25, -0.2) is 0 Å². The normalized spacial score (nSPS) is 14.7. The second-order valence-corrected chi connectivity index (χ2v) is 15.2. The van der Waals surface area contributed by atoms with Gasteiger partial charge in [-0.05, 0) is 105 Å². The van der Waals surface area contributed by atoms with Crippen molar-refractivity contribution in [1.29, 1.82) is 0 Å². The van der Waals surface area contributed by atoms with Crippen LogP contribution in [0, 0.1) is 0 Å². The van der Waals surface area contributed by atoms with Crippen LogP contribution < -0.4 is 0 Å². The highest BCUT2D eigenvalue weighted by Crippen LogP contribution is 2.62. The lowest BCUT2D eigenvalue weighted by molar-refractivity contribution is 0.649. The van der Waals surface area contributed by atoms with Gasteiger partial charge in [0, 0.05) is 10.8 Å². The van der Waals surface area contributed by atoms with Gasteiger partial charge in [-0.3, -0.25) is 0 Å². The van der Waals surface area contributed by atoms with Crippen molar-refractivity contribution < 1.29 is 0 Å². The van der Waals surface area contributed by atoms with Gasteiger partial charge in [0.1, 0.15) is 0 Å². The molecule has 0 unspecified atom stereocenters. The van der Waals surface area contributed by atoms with Gasteiger partial charge in [0.15, 0.2) is 0 Å². The summed E-state index contributed by atoms with van der Waals surface area (Å²) in [7, 11) is 0. The summed E-state index contributed by atoms with van der Waals surface area (Å²) >= 11 is 0.